The molecular formula is C21H25F2N7O2. The lowest BCUT2D eigenvalue weighted by Gasteiger charge is -2.31. The van der Waals surface area contributed by atoms with Gasteiger partial charge in [-0.2, -0.15) is 13.8 Å². The van der Waals surface area contributed by atoms with Gasteiger partial charge in [0.1, 0.15) is 23.7 Å². The molecule has 1 atom stereocenters. The Morgan fingerprint density at radius 1 is 1.28 bits per heavy atom. The van der Waals surface area contributed by atoms with Crippen LogP contribution in [0.5, 0.6) is 5.88 Å². The number of ether oxygens (including phenoxy) is 2. The van der Waals surface area contributed by atoms with Crippen molar-refractivity contribution < 1.29 is 18.3 Å². The van der Waals surface area contributed by atoms with Gasteiger partial charge >= 0.3 is 6.61 Å². The summed E-state index contributed by atoms with van der Waals surface area (Å²) in [5.41, 5.74) is 2.87. The minimum absolute atomic E-state index is 0.0616. The Hall–Kier alpha value is -2.95. The van der Waals surface area contributed by atoms with Crippen LogP contribution in [0, 0.1) is 12.3 Å². The first-order chi connectivity index (χ1) is 15.5. The summed E-state index contributed by atoms with van der Waals surface area (Å²) in [5.74, 6) is 2.20. The second-order valence-electron chi connectivity index (χ2n) is 8.36. The number of halogens is 2. The number of aryl methyl sites for hydroxylation is 1. The number of fused-ring (bicyclic) bond motifs is 1. The van der Waals surface area contributed by atoms with E-state index in [0.717, 1.165) is 42.8 Å². The van der Waals surface area contributed by atoms with Crippen LogP contribution in [-0.4, -0.2) is 63.4 Å². The summed E-state index contributed by atoms with van der Waals surface area (Å²) in [5, 5.41) is 7.60. The third-order valence-corrected chi connectivity index (χ3v) is 6.07. The maximum absolute atomic E-state index is 13.1. The van der Waals surface area contributed by atoms with Crippen molar-refractivity contribution in [3.8, 4) is 5.88 Å². The Bertz CT molecular complexity index is 1050. The number of nitrogens with zero attached hydrogens (tertiary/aromatic N) is 5. The molecule has 2 N–H and O–H groups in total. The molecule has 2 fully saturated rings. The summed E-state index contributed by atoms with van der Waals surface area (Å²) in [4.78, 5) is 23.2. The largest absolute Gasteiger partial charge is 0.416 e. The van der Waals surface area contributed by atoms with Crippen LogP contribution in [0.4, 0.5) is 8.78 Å². The summed E-state index contributed by atoms with van der Waals surface area (Å²) in [6.45, 7) is 1.01. The molecule has 0 bridgehead atoms. The van der Waals surface area contributed by atoms with Gasteiger partial charge in [-0.05, 0) is 26.2 Å². The molecule has 0 spiro atoms. The fourth-order valence-corrected chi connectivity index (χ4v) is 4.38. The van der Waals surface area contributed by atoms with Crippen molar-refractivity contribution in [2.24, 2.45) is 4.99 Å². The van der Waals surface area contributed by atoms with E-state index in [1.54, 1.807) is 0 Å². The maximum Gasteiger partial charge on any atom is 0.388 e. The van der Waals surface area contributed by atoms with Crippen LogP contribution in [0.3, 0.4) is 0 Å². The van der Waals surface area contributed by atoms with E-state index in [1.165, 1.54) is 0 Å². The molecule has 0 amide bonds. The molecule has 2 aromatic rings. The predicted molar refractivity (Wildman–Crippen MR) is 112 cm³/mol. The first kappa shape index (κ1) is 20.9. The molecule has 0 aromatic carbocycles. The highest BCUT2D eigenvalue weighted by molar-refractivity contribution is 6.02. The van der Waals surface area contributed by atoms with Gasteiger partial charge in [0.25, 0.3) is 0 Å². The number of aromatic amines is 1. The average molecular weight is 445 g/mol. The maximum atomic E-state index is 13.1. The van der Waals surface area contributed by atoms with Crippen LogP contribution in [0.2, 0.25) is 0 Å². The number of amidine groups is 1. The van der Waals surface area contributed by atoms with E-state index in [9.17, 15) is 8.78 Å². The zero-order valence-corrected chi connectivity index (χ0v) is 17.8. The van der Waals surface area contributed by atoms with E-state index in [1.807, 2.05) is 11.8 Å². The summed E-state index contributed by atoms with van der Waals surface area (Å²) in [7, 11) is 0. The molecule has 5 rings (SSSR count). The zero-order valence-electron chi connectivity index (χ0n) is 17.8. The van der Waals surface area contributed by atoms with Crippen LogP contribution in [0.25, 0.3) is 0 Å². The van der Waals surface area contributed by atoms with Gasteiger partial charge in [0.15, 0.2) is 5.84 Å². The lowest BCUT2D eigenvalue weighted by molar-refractivity contribution is -0.0541. The third kappa shape index (κ3) is 4.08. The Labute approximate surface area is 183 Å². The summed E-state index contributed by atoms with van der Waals surface area (Å²) in [6.07, 6.45) is 4.34. The van der Waals surface area contributed by atoms with Gasteiger partial charge in [-0.1, -0.05) is 0 Å². The van der Waals surface area contributed by atoms with Gasteiger partial charge in [0.05, 0.1) is 30.1 Å². The van der Waals surface area contributed by atoms with Gasteiger partial charge in [0.2, 0.25) is 5.88 Å². The number of rotatable bonds is 6. The van der Waals surface area contributed by atoms with Crippen molar-refractivity contribution in [3.63, 3.8) is 0 Å². The third-order valence-electron chi connectivity index (χ3n) is 6.07. The Morgan fingerprint density at radius 3 is 2.81 bits per heavy atom. The Balaban J connectivity index is 1.50. The molecule has 0 unspecified atom stereocenters. The van der Waals surface area contributed by atoms with Crippen LogP contribution in [-0.2, 0) is 17.7 Å². The highest BCUT2D eigenvalue weighted by atomic mass is 19.3. The number of aliphatic imine (C=N–C) groups is 1. The number of alkyl halides is 2. The molecule has 1 aliphatic carbocycles. The molecule has 32 heavy (non-hydrogen) atoms. The molecule has 2 aliphatic heterocycles. The molecule has 4 heterocycles. The molecular weight excluding hydrogens is 420 g/mol. The number of nitrogens with one attached hydrogen (secondary N) is 2. The fourth-order valence-electron chi connectivity index (χ4n) is 4.38. The van der Waals surface area contributed by atoms with E-state index in [-0.39, 0.29) is 24.3 Å². The summed E-state index contributed by atoms with van der Waals surface area (Å²) in [6, 6.07) is 0. The molecule has 2 aromatic heterocycles. The standard InChI is InChI=1S/C21H25F2N7O2/c1-11-26-16(13-5-7-31-9-13)17(27-11)19(25-10-24)30-6-4-15-14(8-30)20(32-21(22)23)29-18(28-15)12-2-3-12/h10,12-13,21,24H,2-9H2,1H3,(H,26,27)/t13-/m1/s1. The Kier molecular flexibility index (Phi) is 5.58. The minimum atomic E-state index is -2.96. The lowest BCUT2D eigenvalue weighted by Crippen LogP contribution is -2.38. The van der Waals surface area contributed by atoms with Gasteiger partial charge in [-0.15, -0.1) is 0 Å². The van der Waals surface area contributed by atoms with Crippen molar-refractivity contribution in [1.82, 2.24) is 24.8 Å². The number of hydrogen-bond donors (Lipinski definition) is 2. The normalized spacial score (nSPS) is 21.2. The predicted octanol–water partition coefficient (Wildman–Crippen LogP) is 2.90. The molecule has 9 nitrogen and oxygen atoms in total. The van der Waals surface area contributed by atoms with E-state index < -0.39 is 6.61 Å². The SMILES string of the molecule is Cc1nc(C(=NC=N)N2CCc3nc(C4CC4)nc(OC(F)F)c3C2)c([C@@H]2CCOC2)[nH]1. The second kappa shape index (κ2) is 8.53. The molecule has 1 saturated heterocycles. The highest BCUT2D eigenvalue weighted by Gasteiger charge is 2.34. The van der Waals surface area contributed by atoms with Crippen molar-refractivity contribution in [3.05, 3.63) is 34.3 Å². The van der Waals surface area contributed by atoms with Gasteiger partial charge in [-0.3, -0.25) is 5.41 Å². The quantitative estimate of drug-likeness (QED) is 0.522. The Morgan fingerprint density at radius 2 is 2.12 bits per heavy atom. The molecule has 170 valence electrons. The van der Waals surface area contributed by atoms with Crippen molar-refractivity contribution >= 4 is 12.2 Å². The first-order valence-electron chi connectivity index (χ1n) is 10.8. The monoisotopic (exact) mass is 445 g/mol. The van der Waals surface area contributed by atoms with Crippen molar-refractivity contribution in [2.45, 2.75) is 57.6 Å². The topological polar surface area (TPSA) is 112 Å². The van der Waals surface area contributed by atoms with Crippen LogP contribution < -0.4 is 4.74 Å². The van der Waals surface area contributed by atoms with Gasteiger partial charge < -0.3 is 19.4 Å². The molecule has 0 radical (unpaired) electrons. The molecule has 3 aliphatic rings. The van der Waals surface area contributed by atoms with Crippen LogP contribution in [0.1, 0.15) is 65.4 Å². The smallest absolute Gasteiger partial charge is 0.388 e. The van der Waals surface area contributed by atoms with Crippen LogP contribution in [0.15, 0.2) is 4.99 Å². The van der Waals surface area contributed by atoms with Gasteiger partial charge in [-0.25, -0.2) is 15.0 Å². The van der Waals surface area contributed by atoms with Crippen LogP contribution >= 0.6 is 0 Å². The summed E-state index contributed by atoms with van der Waals surface area (Å²) < 4.78 is 36.6. The number of imidazole rings is 1. The average Bonchev–Trinajstić information content (AvgIpc) is 3.34. The van der Waals surface area contributed by atoms with Crippen molar-refractivity contribution in [2.75, 3.05) is 19.8 Å². The highest BCUT2D eigenvalue weighted by Crippen LogP contribution is 2.40. The number of hydrogen-bond acceptors (Lipinski definition) is 6. The second-order valence-corrected chi connectivity index (χ2v) is 8.36. The van der Waals surface area contributed by atoms with E-state index in [0.29, 0.717) is 49.1 Å². The van der Waals surface area contributed by atoms with E-state index >= 15 is 0 Å². The minimum Gasteiger partial charge on any atom is -0.416 e. The van der Waals surface area contributed by atoms with E-state index in [4.69, 9.17) is 14.9 Å². The molecule has 1 saturated carbocycles. The zero-order chi connectivity index (χ0) is 22.2. The molecule has 11 heteroatoms. The first-order valence-corrected chi connectivity index (χ1v) is 10.8. The number of H-pyrrole nitrogens is 1. The van der Waals surface area contributed by atoms with Gasteiger partial charge in [0, 0.05) is 31.4 Å². The van der Waals surface area contributed by atoms with Crippen molar-refractivity contribution in [1.29, 1.82) is 5.41 Å². The number of aromatic nitrogens is 4. The van der Waals surface area contributed by atoms with E-state index in [2.05, 4.69) is 24.9 Å². The summed E-state index contributed by atoms with van der Waals surface area (Å²) >= 11 is 0. The fraction of sp³-hybridized carbons (Fsp3) is 0.571. The lowest BCUT2D eigenvalue weighted by atomic mass is 10.0.